The van der Waals surface area contributed by atoms with Crippen LogP contribution in [-0.2, 0) is 9.59 Å². The summed E-state index contributed by atoms with van der Waals surface area (Å²) >= 11 is 0. The van der Waals surface area contributed by atoms with Gasteiger partial charge in [-0.2, -0.15) is 0 Å². The van der Waals surface area contributed by atoms with Crippen LogP contribution in [0.5, 0.6) is 0 Å². The maximum Gasteiger partial charge on any atom is 0.233 e. The van der Waals surface area contributed by atoms with Gasteiger partial charge in [-0.15, -0.1) is 0 Å². The van der Waals surface area contributed by atoms with Crippen molar-refractivity contribution in [3.8, 4) is 0 Å². The summed E-state index contributed by atoms with van der Waals surface area (Å²) < 4.78 is 0. The molecule has 0 unspecified atom stereocenters. The van der Waals surface area contributed by atoms with Gasteiger partial charge in [-0.05, 0) is 43.9 Å². The van der Waals surface area contributed by atoms with Crippen LogP contribution in [0.1, 0.15) is 43.2 Å². The van der Waals surface area contributed by atoms with Crippen LogP contribution in [0.4, 0.5) is 5.69 Å². The number of carbonyl (C=O) groups excluding carboxylic acids is 2. The molecular weight excluding hydrogens is 264 g/mol. The number of aryl methyl sites for hydroxylation is 2. The first kappa shape index (κ1) is 15.5. The van der Waals surface area contributed by atoms with Crippen molar-refractivity contribution in [2.75, 3.05) is 18.4 Å². The topological polar surface area (TPSA) is 49.4 Å². The minimum absolute atomic E-state index is 0.0558. The van der Waals surface area contributed by atoms with Crippen LogP contribution in [0.25, 0.3) is 0 Å². The lowest BCUT2D eigenvalue weighted by Gasteiger charge is -2.20. The predicted octanol–water partition coefficient (Wildman–Crippen LogP) is 3.03. The lowest BCUT2D eigenvalue weighted by atomic mass is 10.1. The molecule has 4 heteroatoms. The minimum Gasteiger partial charge on any atom is -0.342 e. The molecule has 0 spiro atoms. The van der Waals surface area contributed by atoms with E-state index < -0.39 is 0 Å². The van der Waals surface area contributed by atoms with Crippen molar-refractivity contribution in [3.63, 3.8) is 0 Å². The molecule has 1 aromatic carbocycles. The van der Waals surface area contributed by atoms with E-state index in [9.17, 15) is 9.59 Å². The Hall–Kier alpha value is -1.84. The summed E-state index contributed by atoms with van der Waals surface area (Å²) in [5, 5.41) is 2.85. The van der Waals surface area contributed by atoms with Crippen LogP contribution in [0, 0.1) is 13.8 Å². The Morgan fingerprint density at radius 3 is 2.43 bits per heavy atom. The predicted molar refractivity (Wildman–Crippen MR) is 84.2 cm³/mol. The fourth-order valence-corrected chi connectivity index (χ4v) is 2.63. The fourth-order valence-electron chi connectivity index (χ4n) is 2.63. The summed E-state index contributed by atoms with van der Waals surface area (Å²) in [6.07, 6.45) is 4.39. The van der Waals surface area contributed by atoms with Crippen molar-refractivity contribution in [2.24, 2.45) is 0 Å². The average molecular weight is 288 g/mol. The highest BCUT2D eigenvalue weighted by Gasteiger charge is 2.18. The lowest BCUT2D eigenvalue weighted by molar-refractivity contribution is -0.134. The molecule has 114 valence electrons. The first-order valence-electron chi connectivity index (χ1n) is 7.71. The van der Waals surface area contributed by atoms with E-state index in [-0.39, 0.29) is 18.2 Å². The second-order valence-corrected chi connectivity index (χ2v) is 5.84. The zero-order valence-corrected chi connectivity index (χ0v) is 12.9. The molecule has 21 heavy (non-hydrogen) atoms. The SMILES string of the molecule is Cc1ccc(C)c(NC(=O)CC(=O)N2CCCCCC2)c1. The van der Waals surface area contributed by atoms with Gasteiger partial charge in [0.1, 0.15) is 6.42 Å². The Kier molecular flexibility index (Phi) is 5.37. The van der Waals surface area contributed by atoms with Crippen LogP contribution in [0.3, 0.4) is 0 Å². The van der Waals surface area contributed by atoms with Gasteiger partial charge < -0.3 is 10.2 Å². The van der Waals surface area contributed by atoms with Gasteiger partial charge in [0, 0.05) is 18.8 Å². The van der Waals surface area contributed by atoms with Crippen LogP contribution in [-0.4, -0.2) is 29.8 Å². The van der Waals surface area contributed by atoms with Gasteiger partial charge in [0.05, 0.1) is 0 Å². The van der Waals surface area contributed by atoms with E-state index in [1.165, 1.54) is 12.8 Å². The summed E-state index contributed by atoms with van der Waals surface area (Å²) in [5.74, 6) is -0.280. The van der Waals surface area contributed by atoms with Crippen molar-refractivity contribution in [2.45, 2.75) is 46.0 Å². The molecule has 0 saturated carbocycles. The largest absolute Gasteiger partial charge is 0.342 e. The minimum atomic E-state index is -0.224. The quantitative estimate of drug-likeness (QED) is 0.869. The third kappa shape index (κ3) is 4.59. The number of anilines is 1. The molecule has 1 fully saturated rings. The van der Waals surface area contributed by atoms with Crippen LogP contribution < -0.4 is 5.32 Å². The van der Waals surface area contributed by atoms with Crippen molar-refractivity contribution in [1.82, 2.24) is 4.90 Å². The van der Waals surface area contributed by atoms with Crippen molar-refractivity contribution < 1.29 is 9.59 Å². The van der Waals surface area contributed by atoms with Gasteiger partial charge >= 0.3 is 0 Å². The van der Waals surface area contributed by atoms with E-state index in [4.69, 9.17) is 0 Å². The van der Waals surface area contributed by atoms with E-state index in [0.717, 1.165) is 42.7 Å². The maximum absolute atomic E-state index is 12.2. The van der Waals surface area contributed by atoms with E-state index >= 15 is 0 Å². The third-order valence-corrected chi connectivity index (χ3v) is 3.94. The van der Waals surface area contributed by atoms with Gasteiger partial charge in [0.15, 0.2) is 0 Å². The van der Waals surface area contributed by atoms with Crippen molar-refractivity contribution in [3.05, 3.63) is 29.3 Å². The Bertz CT molecular complexity index is 518. The van der Waals surface area contributed by atoms with Crippen molar-refractivity contribution >= 4 is 17.5 Å². The number of benzene rings is 1. The van der Waals surface area contributed by atoms with Gasteiger partial charge in [0.2, 0.25) is 11.8 Å². The lowest BCUT2D eigenvalue weighted by Crippen LogP contribution is -2.34. The number of hydrogen-bond donors (Lipinski definition) is 1. The Morgan fingerprint density at radius 1 is 1.10 bits per heavy atom. The number of rotatable bonds is 3. The second kappa shape index (κ2) is 7.25. The maximum atomic E-state index is 12.2. The Morgan fingerprint density at radius 2 is 1.76 bits per heavy atom. The molecule has 0 aliphatic carbocycles. The van der Waals surface area contributed by atoms with Gasteiger partial charge in [0.25, 0.3) is 0 Å². The monoisotopic (exact) mass is 288 g/mol. The van der Waals surface area contributed by atoms with E-state index in [1.54, 1.807) is 0 Å². The number of carbonyl (C=O) groups is 2. The number of nitrogens with zero attached hydrogens (tertiary/aromatic N) is 1. The summed E-state index contributed by atoms with van der Waals surface area (Å²) in [7, 11) is 0. The van der Waals surface area contributed by atoms with Crippen molar-refractivity contribution in [1.29, 1.82) is 0 Å². The average Bonchev–Trinajstić information content (AvgIpc) is 2.72. The standard InChI is InChI=1S/C17H24N2O2/c1-13-7-8-14(2)15(11-13)18-16(20)12-17(21)19-9-5-3-4-6-10-19/h7-8,11H,3-6,9-10,12H2,1-2H3,(H,18,20). The first-order valence-corrected chi connectivity index (χ1v) is 7.71. The second-order valence-electron chi connectivity index (χ2n) is 5.84. The van der Waals surface area contributed by atoms with Crippen LogP contribution in [0.2, 0.25) is 0 Å². The van der Waals surface area contributed by atoms with Crippen LogP contribution in [0.15, 0.2) is 18.2 Å². The number of hydrogen-bond acceptors (Lipinski definition) is 2. The number of amides is 2. The van der Waals surface area contributed by atoms with Gasteiger partial charge in [-0.1, -0.05) is 25.0 Å². The van der Waals surface area contributed by atoms with Crippen LogP contribution >= 0.6 is 0 Å². The summed E-state index contributed by atoms with van der Waals surface area (Å²) in [6.45, 7) is 5.51. The molecule has 0 atom stereocenters. The molecule has 0 radical (unpaired) electrons. The molecule has 1 saturated heterocycles. The van der Waals surface area contributed by atoms with E-state index in [2.05, 4.69) is 5.32 Å². The molecular formula is C17H24N2O2. The highest BCUT2D eigenvalue weighted by Crippen LogP contribution is 2.17. The Labute approximate surface area is 126 Å². The fraction of sp³-hybridized carbons (Fsp3) is 0.529. The number of nitrogens with one attached hydrogen (secondary N) is 1. The number of likely N-dealkylation sites (tertiary alicyclic amines) is 1. The molecule has 1 aliphatic heterocycles. The first-order chi connectivity index (χ1) is 10.1. The zero-order chi connectivity index (χ0) is 15.2. The molecule has 1 aliphatic rings. The molecule has 1 heterocycles. The van der Waals surface area contributed by atoms with E-state index in [1.807, 2.05) is 36.9 Å². The van der Waals surface area contributed by atoms with Gasteiger partial charge in [-0.3, -0.25) is 9.59 Å². The molecule has 4 nitrogen and oxygen atoms in total. The molecule has 2 amide bonds. The smallest absolute Gasteiger partial charge is 0.233 e. The molecule has 0 bridgehead atoms. The summed E-state index contributed by atoms with van der Waals surface area (Å²) in [6, 6.07) is 5.92. The van der Waals surface area contributed by atoms with Gasteiger partial charge in [-0.25, -0.2) is 0 Å². The Balaban J connectivity index is 1.91. The third-order valence-electron chi connectivity index (χ3n) is 3.94. The zero-order valence-electron chi connectivity index (χ0n) is 12.9. The highest BCUT2D eigenvalue weighted by molar-refractivity contribution is 6.03. The normalized spacial score (nSPS) is 15.4. The summed E-state index contributed by atoms with van der Waals surface area (Å²) in [4.78, 5) is 26.1. The molecule has 1 N–H and O–H groups in total. The van der Waals surface area contributed by atoms with E-state index in [0.29, 0.717) is 0 Å². The highest BCUT2D eigenvalue weighted by atomic mass is 16.2. The molecule has 2 rings (SSSR count). The summed E-state index contributed by atoms with van der Waals surface area (Å²) in [5.41, 5.74) is 2.90. The molecule has 0 aromatic heterocycles. The molecule has 1 aromatic rings.